The minimum Gasteiger partial charge on any atom is -0.438 e. The maximum Gasteiger partial charge on any atom is 0.223 e. The SMILES string of the molecule is Cc1nc(Br)cc(Oc2ccc(Cl)cc2Br)n1. The summed E-state index contributed by atoms with van der Waals surface area (Å²) < 4.78 is 7.10. The highest BCUT2D eigenvalue weighted by Gasteiger charge is 2.06. The fourth-order valence-electron chi connectivity index (χ4n) is 1.23. The van der Waals surface area contributed by atoms with Crippen LogP contribution in [0.15, 0.2) is 33.3 Å². The van der Waals surface area contributed by atoms with Gasteiger partial charge in [-0.1, -0.05) is 11.6 Å². The molecule has 0 N–H and O–H groups in total. The minimum atomic E-state index is 0.479. The van der Waals surface area contributed by atoms with Gasteiger partial charge in [-0.05, 0) is 57.0 Å². The van der Waals surface area contributed by atoms with E-state index in [0.717, 1.165) is 4.47 Å². The molecule has 6 heteroatoms. The van der Waals surface area contributed by atoms with E-state index in [4.69, 9.17) is 16.3 Å². The zero-order valence-corrected chi connectivity index (χ0v) is 12.7. The molecule has 0 fully saturated rings. The van der Waals surface area contributed by atoms with Crippen molar-refractivity contribution >= 4 is 43.5 Å². The zero-order valence-electron chi connectivity index (χ0n) is 8.75. The predicted molar refractivity (Wildman–Crippen MR) is 73.7 cm³/mol. The van der Waals surface area contributed by atoms with E-state index in [1.54, 1.807) is 31.2 Å². The van der Waals surface area contributed by atoms with E-state index in [1.165, 1.54) is 0 Å². The van der Waals surface area contributed by atoms with Gasteiger partial charge in [-0.2, -0.15) is 4.98 Å². The molecule has 17 heavy (non-hydrogen) atoms. The van der Waals surface area contributed by atoms with Crippen LogP contribution in [0, 0.1) is 6.92 Å². The minimum absolute atomic E-state index is 0.479. The third-order valence-corrected chi connectivity index (χ3v) is 3.15. The lowest BCUT2D eigenvalue weighted by molar-refractivity contribution is 0.456. The Hall–Kier alpha value is -0.650. The average molecular weight is 378 g/mol. The molecule has 0 unspecified atom stereocenters. The lowest BCUT2D eigenvalue weighted by Gasteiger charge is -2.07. The maximum absolute atomic E-state index is 5.85. The Labute approximate surface area is 120 Å². The van der Waals surface area contributed by atoms with Crippen LogP contribution >= 0.6 is 43.5 Å². The van der Waals surface area contributed by atoms with Crippen LogP contribution in [0.5, 0.6) is 11.6 Å². The highest BCUT2D eigenvalue weighted by atomic mass is 79.9. The van der Waals surface area contributed by atoms with Crippen molar-refractivity contribution in [3.8, 4) is 11.6 Å². The Morgan fingerprint density at radius 1 is 1.18 bits per heavy atom. The summed E-state index contributed by atoms with van der Waals surface area (Å²) in [5, 5.41) is 0.643. The molecule has 0 aliphatic rings. The van der Waals surface area contributed by atoms with Gasteiger partial charge in [-0.3, -0.25) is 0 Å². The lowest BCUT2D eigenvalue weighted by Crippen LogP contribution is -1.93. The number of benzene rings is 1. The Morgan fingerprint density at radius 2 is 1.94 bits per heavy atom. The van der Waals surface area contributed by atoms with E-state index < -0.39 is 0 Å². The second-order valence-electron chi connectivity index (χ2n) is 3.25. The second-order valence-corrected chi connectivity index (χ2v) is 5.36. The van der Waals surface area contributed by atoms with Crippen LogP contribution in [0.25, 0.3) is 0 Å². The van der Waals surface area contributed by atoms with Crippen LogP contribution in [-0.4, -0.2) is 9.97 Å². The van der Waals surface area contributed by atoms with Crippen molar-refractivity contribution in [2.45, 2.75) is 6.92 Å². The fourth-order valence-corrected chi connectivity index (χ4v) is 2.44. The molecule has 0 atom stereocenters. The molecule has 0 saturated heterocycles. The molecule has 1 aromatic carbocycles. The van der Waals surface area contributed by atoms with Crippen molar-refractivity contribution in [2.24, 2.45) is 0 Å². The summed E-state index contributed by atoms with van der Waals surface area (Å²) in [5.74, 6) is 1.77. The topological polar surface area (TPSA) is 35.0 Å². The number of rotatable bonds is 2. The summed E-state index contributed by atoms with van der Waals surface area (Å²) in [6.45, 7) is 1.80. The van der Waals surface area contributed by atoms with Gasteiger partial charge in [0, 0.05) is 11.1 Å². The molecule has 0 saturated carbocycles. The van der Waals surface area contributed by atoms with Crippen LogP contribution < -0.4 is 4.74 Å². The molecular weight excluding hydrogens is 371 g/mol. The van der Waals surface area contributed by atoms with Crippen LogP contribution in [-0.2, 0) is 0 Å². The van der Waals surface area contributed by atoms with Crippen LogP contribution in [0.3, 0.4) is 0 Å². The molecule has 1 aromatic heterocycles. The highest BCUT2D eigenvalue weighted by Crippen LogP contribution is 2.31. The molecule has 0 radical (unpaired) electrons. The van der Waals surface area contributed by atoms with Crippen molar-refractivity contribution in [1.29, 1.82) is 0 Å². The van der Waals surface area contributed by atoms with Gasteiger partial charge in [0.05, 0.1) is 4.47 Å². The molecule has 2 aromatic rings. The smallest absolute Gasteiger partial charge is 0.223 e. The predicted octanol–water partition coefficient (Wildman–Crippen LogP) is 4.76. The molecule has 0 aliphatic heterocycles. The van der Waals surface area contributed by atoms with Crippen LogP contribution in [0.1, 0.15) is 5.82 Å². The normalized spacial score (nSPS) is 10.4. The van der Waals surface area contributed by atoms with Crippen molar-refractivity contribution in [3.63, 3.8) is 0 Å². The molecule has 3 nitrogen and oxygen atoms in total. The second kappa shape index (κ2) is 5.33. The number of hydrogen-bond acceptors (Lipinski definition) is 3. The first-order valence-corrected chi connectivity index (χ1v) is 6.65. The van der Waals surface area contributed by atoms with Gasteiger partial charge in [0.15, 0.2) is 0 Å². The average Bonchev–Trinajstić information content (AvgIpc) is 2.21. The van der Waals surface area contributed by atoms with Gasteiger partial charge in [-0.25, -0.2) is 4.98 Å². The fraction of sp³-hybridized carbons (Fsp3) is 0.0909. The molecule has 0 aliphatic carbocycles. The van der Waals surface area contributed by atoms with Gasteiger partial charge in [-0.15, -0.1) is 0 Å². The van der Waals surface area contributed by atoms with E-state index in [2.05, 4.69) is 41.8 Å². The summed E-state index contributed by atoms with van der Waals surface area (Å²) in [4.78, 5) is 8.28. The summed E-state index contributed by atoms with van der Waals surface area (Å²) in [6, 6.07) is 7.00. The van der Waals surface area contributed by atoms with Crippen LogP contribution in [0.2, 0.25) is 5.02 Å². The summed E-state index contributed by atoms with van der Waals surface area (Å²) in [7, 11) is 0. The van der Waals surface area contributed by atoms with Gasteiger partial charge >= 0.3 is 0 Å². The van der Waals surface area contributed by atoms with E-state index in [9.17, 15) is 0 Å². The van der Waals surface area contributed by atoms with Gasteiger partial charge in [0.2, 0.25) is 5.88 Å². The van der Waals surface area contributed by atoms with Gasteiger partial charge in [0.25, 0.3) is 0 Å². The van der Waals surface area contributed by atoms with E-state index in [0.29, 0.717) is 27.1 Å². The summed E-state index contributed by atoms with van der Waals surface area (Å²) in [5.41, 5.74) is 0. The molecule has 0 amide bonds. The van der Waals surface area contributed by atoms with Crippen molar-refractivity contribution in [3.05, 3.63) is 44.2 Å². The molecule has 1 heterocycles. The number of hydrogen-bond donors (Lipinski definition) is 0. The van der Waals surface area contributed by atoms with Gasteiger partial charge in [0.1, 0.15) is 16.2 Å². The number of aryl methyl sites for hydroxylation is 1. The Bertz CT molecular complexity index is 543. The lowest BCUT2D eigenvalue weighted by atomic mass is 10.3. The zero-order chi connectivity index (χ0) is 12.4. The Kier molecular flexibility index (Phi) is 4.01. The van der Waals surface area contributed by atoms with E-state index in [1.807, 2.05) is 0 Å². The van der Waals surface area contributed by atoms with E-state index >= 15 is 0 Å². The van der Waals surface area contributed by atoms with Gasteiger partial charge < -0.3 is 4.74 Å². The standard InChI is InChI=1S/C11H7Br2ClN2O/c1-6-15-10(13)5-11(16-6)17-9-3-2-7(14)4-8(9)12/h2-5H,1H3. The number of aromatic nitrogens is 2. The first-order valence-electron chi connectivity index (χ1n) is 4.69. The number of nitrogens with zero attached hydrogens (tertiary/aromatic N) is 2. The molecule has 88 valence electrons. The largest absolute Gasteiger partial charge is 0.438 e. The highest BCUT2D eigenvalue weighted by molar-refractivity contribution is 9.10. The summed E-state index contributed by atoms with van der Waals surface area (Å²) in [6.07, 6.45) is 0. The monoisotopic (exact) mass is 376 g/mol. The molecule has 0 spiro atoms. The quantitative estimate of drug-likeness (QED) is 0.707. The third kappa shape index (κ3) is 3.40. The molecule has 0 bridgehead atoms. The van der Waals surface area contributed by atoms with E-state index in [-0.39, 0.29) is 0 Å². The van der Waals surface area contributed by atoms with Crippen molar-refractivity contribution in [2.75, 3.05) is 0 Å². The molecule has 2 rings (SSSR count). The van der Waals surface area contributed by atoms with Crippen LogP contribution in [0.4, 0.5) is 0 Å². The first-order chi connectivity index (χ1) is 8.04. The summed E-state index contributed by atoms with van der Waals surface area (Å²) >= 11 is 12.5. The Morgan fingerprint density at radius 3 is 2.59 bits per heavy atom. The Balaban J connectivity index is 2.31. The van der Waals surface area contributed by atoms with Crippen molar-refractivity contribution < 1.29 is 4.74 Å². The maximum atomic E-state index is 5.85. The molecular formula is C11H7Br2ClN2O. The number of ether oxygens (including phenoxy) is 1. The first kappa shape index (κ1) is 12.8. The third-order valence-electron chi connectivity index (χ3n) is 1.89. The number of halogens is 3. The van der Waals surface area contributed by atoms with Crippen molar-refractivity contribution in [1.82, 2.24) is 9.97 Å².